The van der Waals surface area contributed by atoms with E-state index in [0.29, 0.717) is 17.5 Å². The van der Waals surface area contributed by atoms with Gasteiger partial charge in [0.15, 0.2) is 11.6 Å². The molecule has 0 N–H and O–H groups in total. The van der Waals surface area contributed by atoms with Crippen molar-refractivity contribution >= 4 is 0 Å². The Bertz CT molecular complexity index is 545. The molecule has 2 saturated carbocycles. The van der Waals surface area contributed by atoms with Crippen LogP contribution in [0.25, 0.3) is 0 Å². The van der Waals surface area contributed by atoms with Crippen LogP contribution in [0.4, 0.5) is 8.78 Å². The van der Waals surface area contributed by atoms with Gasteiger partial charge in [-0.2, -0.15) is 0 Å². The van der Waals surface area contributed by atoms with Crippen molar-refractivity contribution in [2.75, 3.05) is 0 Å². The summed E-state index contributed by atoms with van der Waals surface area (Å²) in [6, 6.07) is 3.67. The third-order valence-electron chi connectivity index (χ3n) is 6.65. The zero-order valence-corrected chi connectivity index (χ0v) is 15.3. The van der Waals surface area contributed by atoms with E-state index < -0.39 is 11.6 Å². The van der Waals surface area contributed by atoms with Crippen molar-refractivity contribution in [2.24, 2.45) is 17.8 Å². The van der Waals surface area contributed by atoms with E-state index in [1.54, 1.807) is 0 Å². The quantitative estimate of drug-likeness (QED) is 0.533. The van der Waals surface area contributed by atoms with Gasteiger partial charge in [0, 0.05) is 2.85 Å². The van der Waals surface area contributed by atoms with Crippen LogP contribution in [-0.2, 0) is 6.42 Å². The summed E-state index contributed by atoms with van der Waals surface area (Å²) in [6.45, 7) is 4.37. The van der Waals surface area contributed by atoms with Crippen LogP contribution in [0, 0.1) is 29.4 Å². The molecule has 2 fully saturated rings. The van der Waals surface area contributed by atoms with Crippen molar-refractivity contribution < 1.29 is 11.6 Å². The maximum absolute atomic E-state index is 14.5. The maximum Gasteiger partial charge on any atom is 0.162 e. The highest BCUT2D eigenvalue weighted by Crippen LogP contribution is 2.44. The molecule has 24 heavy (non-hydrogen) atoms. The molecule has 0 bridgehead atoms. The second kappa shape index (κ2) is 7.97. The minimum Gasteiger partial charge on any atom is -0.203 e. The molecule has 1 aromatic rings. The standard InChI is InChI=1S/C22H32F2.2H2/c1-3-4-19-13-14-20(22(24)21(19)23)18-11-9-17(10-12-18)16-7-5-15(2)6-8-16;;/h13-18H,3-12H2,1-2H3;2*1H. The molecule has 0 aromatic heterocycles. The zero-order chi connectivity index (χ0) is 17.1. The van der Waals surface area contributed by atoms with Crippen molar-refractivity contribution in [3.8, 4) is 0 Å². The molecule has 1 aromatic carbocycles. The predicted octanol–water partition coefficient (Wildman–Crippen LogP) is 7.51. The maximum atomic E-state index is 14.5. The van der Waals surface area contributed by atoms with E-state index in [1.165, 1.54) is 38.5 Å². The average molecular weight is 339 g/mol. The van der Waals surface area contributed by atoms with Crippen molar-refractivity contribution in [2.45, 2.75) is 84.0 Å². The van der Waals surface area contributed by atoms with Crippen LogP contribution in [-0.4, -0.2) is 0 Å². The number of hydrogen-bond donors (Lipinski definition) is 0. The first-order valence-electron chi connectivity index (χ1n) is 10.1. The van der Waals surface area contributed by atoms with Crippen molar-refractivity contribution in [3.63, 3.8) is 0 Å². The van der Waals surface area contributed by atoms with Crippen LogP contribution in [0.2, 0.25) is 0 Å². The van der Waals surface area contributed by atoms with Gasteiger partial charge in [0.1, 0.15) is 0 Å². The Morgan fingerprint density at radius 1 is 0.875 bits per heavy atom. The lowest BCUT2D eigenvalue weighted by Gasteiger charge is -2.37. The van der Waals surface area contributed by atoms with Crippen molar-refractivity contribution in [3.05, 3.63) is 34.9 Å². The third kappa shape index (κ3) is 3.83. The molecule has 0 radical (unpaired) electrons. The minimum atomic E-state index is -0.599. The largest absolute Gasteiger partial charge is 0.203 e. The molecule has 0 amide bonds. The van der Waals surface area contributed by atoms with Gasteiger partial charge in [0.05, 0.1) is 0 Å². The number of aryl methyl sites for hydroxylation is 1. The lowest BCUT2D eigenvalue weighted by Crippen LogP contribution is -2.25. The summed E-state index contributed by atoms with van der Waals surface area (Å²) in [7, 11) is 0. The Balaban J connectivity index is 0.00000169. The van der Waals surface area contributed by atoms with Crippen molar-refractivity contribution in [1.29, 1.82) is 0 Å². The molecule has 0 saturated heterocycles. The van der Waals surface area contributed by atoms with Gasteiger partial charge < -0.3 is 0 Å². The first-order valence-corrected chi connectivity index (χ1v) is 10.1. The van der Waals surface area contributed by atoms with E-state index in [9.17, 15) is 8.78 Å². The van der Waals surface area contributed by atoms with Gasteiger partial charge in [-0.1, -0.05) is 45.2 Å². The molecule has 0 nitrogen and oxygen atoms in total. The first kappa shape index (κ1) is 17.9. The fourth-order valence-electron chi connectivity index (χ4n) is 5.04. The van der Waals surface area contributed by atoms with Gasteiger partial charge in [0.25, 0.3) is 0 Å². The van der Waals surface area contributed by atoms with E-state index >= 15 is 0 Å². The molecule has 2 aliphatic rings. The molecule has 2 heteroatoms. The molecule has 3 rings (SSSR count). The summed E-state index contributed by atoms with van der Waals surface area (Å²) in [5.74, 6) is 1.65. The second-order valence-corrected chi connectivity index (χ2v) is 8.32. The lowest BCUT2D eigenvalue weighted by atomic mass is 9.68. The smallest absolute Gasteiger partial charge is 0.162 e. The number of halogens is 2. The Morgan fingerprint density at radius 3 is 2.04 bits per heavy atom. The van der Waals surface area contributed by atoms with E-state index in [4.69, 9.17) is 0 Å². The van der Waals surface area contributed by atoms with E-state index in [1.807, 2.05) is 19.1 Å². The monoisotopic (exact) mass is 338 g/mol. The molecule has 0 unspecified atom stereocenters. The van der Waals surface area contributed by atoms with E-state index in [-0.39, 0.29) is 8.77 Å². The van der Waals surface area contributed by atoms with Crippen LogP contribution in [0.1, 0.15) is 91.5 Å². The normalized spacial score (nSPS) is 31.2. The molecule has 0 heterocycles. The molecular formula is C22H36F2. The van der Waals surface area contributed by atoms with Gasteiger partial charge in [-0.15, -0.1) is 0 Å². The lowest BCUT2D eigenvalue weighted by molar-refractivity contribution is 0.164. The Morgan fingerprint density at radius 2 is 1.46 bits per heavy atom. The third-order valence-corrected chi connectivity index (χ3v) is 6.65. The summed E-state index contributed by atoms with van der Waals surface area (Å²) in [5, 5.41) is 0. The van der Waals surface area contributed by atoms with Gasteiger partial charge in [-0.3, -0.25) is 0 Å². The summed E-state index contributed by atoms with van der Waals surface area (Å²) >= 11 is 0. The molecular weight excluding hydrogens is 302 g/mol. The van der Waals surface area contributed by atoms with E-state index in [0.717, 1.165) is 37.0 Å². The Labute approximate surface area is 149 Å². The molecule has 0 aliphatic heterocycles. The molecule has 138 valence electrons. The number of benzene rings is 1. The van der Waals surface area contributed by atoms with Crippen LogP contribution < -0.4 is 0 Å². The van der Waals surface area contributed by atoms with Gasteiger partial charge in [0.2, 0.25) is 0 Å². The minimum absolute atomic E-state index is 0. The summed E-state index contributed by atoms with van der Waals surface area (Å²) in [6.07, 6.45) is 11.4. The SMILES string of the molecule is CCCc1ccc(C2CCC(C3CCC(C)CC3)CC2)c(F)c1F.[HH].[HH]. The highest BCUT2D eigenvalue weighted by atomic mass is 19.2. The van der Waals surface area contributed by atoms with Gasteiger partial charge in [-0.25, -0.2) is 8.78 Å². The zero-order valence-electron chi connectivity index (χ0n) is 15.3. The summed E-state index contributed by atoms with van der Waals surface area (Å²) in [4.78, 5) is 0. The molecule has 2 aliphatic carbocycles. The highest BCUT2D eigenvalue weighted by Gasteiger charge is 2.31. The molecule has 0 spiro atoms. The predicted molar refractivity (Wildman–Crippen MR) is 100 cm³/mol. The fraction of sp³-hybridized carbons (Fsp3) is 0.727. The van der Waals surface area contributed by atoms with Gasteiger partial charge >= 0.3 is 0 Å². The van der Waals surface area contributed by atoms with E-state index in [2.05, 4.69) is 6.92 Å². The van der Waals surface area contributed by atoms with Crippen LogP contribution in [0.15, 0.2) is 12.1 Å². The summed E-state index contributed by atoms with van der Waals surface area (Å²) in [5.41, 5.74) is 1.16. The van der Waals surface area contributed by atoms with Gasteiger partial charge in [-0.05, 0) is 79.7 Å². The number of hydrogen-bond acceptors (Lipinski definition) is 0. The summed E-state index contributed by atoms with van der Waals surface area (Å²) < 4.78 is 28.7. The van der Waals surface area contributed by atoms with Crippen LogP contribution in [0.3, 0.4) is 0 Å². The fourth-order valence-corrected chi connectivity index (χ4v) is 5.04. The van der Waals surface area contributed by atoms with Crippen LogP contribution >= 0.6 is 0 Å². The molecule has 0 atom stereocenters. The topological polar surface area (TPSA) is 0 Å². The average Bonchev–Trinajstić information content (AvgIpc) is 2.60. The van der Waals surface area contributed by atoms with Crippen molar-refractivity contribution in [1.82, 2.24) is 0 Å². The second-order valence-electron chi connectivity index (χ2n) is 8.32. The first-order chi connectivity index (χ1) is 11.6. The Kier molecular flexibility index (Phi) is 5.94. The number of rotatable bonds is 4. The highest BCUT2D eigenvalue weighted by molar-refractivity contribution is 5.29. The van der Waals surface area contributed by atoms with Crippen LogP contribution in [0.5, 0.6) is 0 Å². The Hall–Kier alpha value is -0.920.